The van der Waals surface area contributed by atoms with Gasteiger partial charge in [0.25, 0.3) is 5.56 Å². The van der Waals surface area contributed by atoms with Crippen molar-refractivity contribution >= 4 is 17.0 Å². The molecule has 152 valence electrons. The molecule has 0 fully saturated rings. The van der Waals surface area contributed by atoms with E-state index in [1.807, 2.05) is 54.6 Å². The molecule has 2 heterocycles. The largest absolute Gasteiger partial charge is 0.469 e. The summed E-state index contributed by atoms with van der Waals surface area (Å²) < 4.78 is 7.47. The molecule has 0 amide bonds. The van der Waals surface area contributed by atoms with Crippen LogP contribution in [0.25, 0.3) is 28.2 Å². The molecule has 4 rings (SSSR count). The molecule has 2 aromatic rings. The Kier molecular flexibility index (Phi) is 5.38. The van der Waals surface area contributed by atoms with Crippen molar-refractivity contribution < 1.29 is 9.53 Å². The molecule has 0 bridgehead atoms. The van der Waals surface area contributed by atoms with Gasteiger partial charge >= 0.3 is 11.7 Å². The van der Waals surface area contributed by atoms with Crippen molar-refractivity contribution in [3.8, 4) is 17.2 Å². The molecule has 0 saturated heterocycles. The van der Waals surface area contributed by atoms with E-state index in [1.54, 1.807) is 4.57 Å². The number of para-hydroxylation sites is 3. The predicted octanol–water partition coefficient (Wildman–Crippen LogP) is 2.39. The Morgan fingerprint density at radius 2 is 1.70 bits per heavy atom. The van der Waals surface area contributed by atoms with E-state index in [2.05, 4.69) is 14.7 Å². The molecule has 2 aliphatic heterocycles. The molecule has 8 nitrogen and oxygen atoms in total. The van der Waals surface area contributed by atoms with Gasteiger partial charge in [0.15, 0.2) is 11.5 Å². The van der Waals surface area contributed by atoms with Gasteiger partial charge in [-0.3, -0.25) is 18.7 Å². The van der Waals surface area contributed by atoms with Crippen LogP contribution in [0.15, 0.2) is 64.2 Å². The van der Waals surface area contributed by atoms with Gasteiger partial charge in [0.2, 0.25) is 0 Å². The van der Waals surface area contributed by atoms with Crippen LogP contribution in [-0.4, -0.2) is 32.2 Å². The molecule has 30 heavy (non-hydrogen) atoms. The Bertz CT molecular complexity index is 1290. The average Bonchev–Trinajstić information content (AvgIpc) is 2.77. The average molecular weight is 404 g/mol. The van der Waals surface area contributed by atoms with E-state index in [-0.39, 0.29) is 30.5 Å². The van der Waals surface area contributed by atoms with E-state index in [0.29, 0.717) is 18.4 Å². The van der Waals surface area contributed by atoms with Gasteiger partial charge in [-0.05, 0) is 37.1 Å². The second kappa shape index (κ2) is 8.28. The number of esters is 1. The third-order valence-corrected chi connectivity index (χ3v) is 4.91. The van der Waals surface area contributed by atoms with Crippen LogP contribution in [-0.2, 0) is 16.1 Å². The first-order valence-corrected chi connectivity index (χ1v) is 9.65. The third-order valence-electron chi connectivity index (χ3n) is 4.91. The molecular weight excluding hydrogens is 384 g/mol. The minimum Gasteiger partial charge on any atom is -0.469 e. The van der Waals surface area contributed by atoms with E-state index in [4.69, 9.17) is 0 Å². The van der Waals surface area contributed by atoms with Crippen LogP contribution >= 0.6 is 0 Å². The Hall–Kier alpha value is -3.81. The summed E-state index contributed by atoms with van der Waals surface area (Å²) in [4.78, 5) is 45.8. The maximum Gasteiger partial charge on any atom is 0.352 e. The molecule has 0 saturated carbocycles. The summed E-state index contributed by atoms with van der Waals surface area (Å²) in [5, 5.41) is 0. The molecule has 2 aliphatic rings. The fourth-order valence-electron chi connectivity index (χ4n) is 3.43. The van der Waals surface area contributed by atoms with Crippen molar-refractivity contribution in [1.82, 2.24) is 19.1 Å². The van der Waals surface area contributed by atoms with Crippen molar-refractivity contribution in [3.05, 3.63) is 75.4 Å². The van der Waals surface area contributed by atoms with Gasteiger partial charge in [0.05, 0.1) is 18.1 Å². The number of carbonyl (C=O) groups excluding carboxylic acids is 1. The minimum atomic E-state index is -0.632. The number of fused-ring (bicyclic) bond motifs is 2. The summed E-state index contributed by atoms with van der Waals surface area (Å²) in [6, 6.07) is 16.8. The van der Waals surface area contributed by atoms with E-state index in [0.717, 1.165) is 15.8 Å². The lowest BCUT2D eigenvalue weighted by Crippen LogP contribution is -2.38. The summed E-state index contributed by atoms with van der Waals surface area (Å²) in [7, 11) is 1.33. The van der Waals surface area contributed by atoms with E-state index < -0.39 is 11.2 Å². The van der Waals surface area contributed by atoms with Crippen LogP contribution in [0.5, 0.6) is 0 Å². The molecular formula is C22H20N4O4. The number of hydrogen-bond donors (Lipinski definition) is 0. The molecule has 0 spiro atoms. The lowest BCUT2D eigenvalue weighted by molar-refractivity contribution is -0.140. The van der Waals surface area contributed by atoms with Crippen LogP contribution in [0.1, 0.15) is 19.3 Å². The number of hydrogen-bond acceptors (Lipinski definition) is 6. The highest BCUT2D eigenvalue weighted by Gasteiger charge is 2.22. The maximum absolute atomic E-state index is 13.1. The van der Waals surface area contributed by atoms with Crippen molar-refractivity contribution in [1.29, 1.82) is 0 Å². The van der Waals surface area contributed by atoms with Gasteiger partial charge in [-0.1, -0.05) is 30.3 Å². The summed E-state index contributed by atoms with van der Waals surface area (Å²) in [6.45, 7) is 0.164. The van der Waals surface area contributed by atoms with Crippen LogP contribution in [0.4, 0.5) is 0 Å². The molecule has 0 unspecified atom stereocenters. The maximum atomic E-state index is 13.1. The fraction of sp³-hybridized carbons (Fsp3) is 0.227. The van der Waals surface area contributed by atoms with Crippen LogP contribution < -0.4 is 11.2 Å². The summed E-state index contributed by atoms with van der Waals surface area (Å²) in [5.74, 6) is -0.0981. The third kappa shape index (κ3) is 3.59. The predicted molar refractivity (Wildman–Crippen MR) is 112 cm³/mol. The standard InChI is InChI=1S/C22H20N4O4/c1-30-18(27)13-7-8-14-25-21(28)19-20(24-22(25)29)26(15-9-3-2-4-10-15)17-12-6-5-11-16(17)23-19/h2-6,9-12H,7-8,13-14H2,1H3. The zero-order chi connectivity index (χ0) is 21.1. The highest BCUT2D eigenvalue weighted by molar-refractivity contribution is 5.81. The minimum absolute atomic E-state index is 0.130. The number of nitrogens with zero attached hydrogens (tertiary/aromatic N) is 4. The van der Waals surface area contributed by atoms with Gasteiger partial charge in [0.1, 0.15) is 0 Å². The number of benzene rings is 2. The number of unbranched alkanes of at least 4 members (excludes halogenated alkanes) is 1. The Morgan fingerprint density at radius 1 is 0.967 bits per heavy atom. The number of aromatic nitrogens is 4. The first kappa shape index (κ1) is 19.5. The molecule has 0 aliphatic carbocycles. The van der Waals surface area contributed by atoms with Crippen LogP contribution in [0.2, 0.25) is 0 Å². The Labute approximate surface area is 171 Å². The molecule has 0 N–H and O–H groups in total. The highest BCUT2D eigenvalue weighted by atomic mass is 16.5. The molecule has 0 aromatic heterocycles. The smallest absolute Gasteiger partial charge is 0.352 e. The van der Waals surface area contributed by atoms with Crippen LogP contribution in [0.3, 0.4) is 0 Å². The quantitative estimate of drug-likeness (QED) is 0.278. The second-order valence-electron chi connectivity index (χ2n) is 6.83. The van der Waals surface area contributed by atoms with E-state index >= 15 is 0 Å². The molecule has 0 atom stereocenters. The van der Waals surface area contributed by atoms with Crippen molar-refractivity contribution in [3.63, 3.8) is 0 Å². The summed E-state index contributed by atoms with van der Waals surface area (Å²) >= 11 is 0. The van der Waals surface area contributed by atoms with Gasteiger partial charge in [0, 0.05) is 18.7 Å². The molecule has 0 radical (unpaired) electrons. The van der Waals surface area contributed by atoms with Gasteiger partial charge in [-0.25, -0.2) is 9.78 Å². The monoisotopic (exact) mass is 404 g/mol. The Balaban J connectivity index is 1.85. The lowest BCUT2D eigenvalue weighted by atomic mass is 10.2. The van der Waals surface area contributed by atoms with Gasteiger partial charge in [-0.2, -0.15) is 4.98 Å². The van der Waals surface area contributed by atoms with E-state index in [1.165, 1.54) is 7.11 Å². The van der Waals surface area contributed by atoms with Crippen LogP contribution in [0, 0.1) is 0 Å². The first-order chi connectivity index (χ1) is 14.6. The van der Waals surface area contributed by atoms with Crippen molar-refractivity contribution in [2.24, 2.45) is 0 Å². The lowest BCUT2D eigenvalue weighted by Gasteiger charge is -2.17. The number of carbonyl (C=O) groups is 1. The molecule has 8 heteroatoms. The first-order valence-electron chi connectivity index (χ1n) is 9.65. The Morgan fingerprint density at radius 3 is 2.47 bits per heavy atom. The van der Waals surface area contributed by atoms with Crippen molar-refractivity contribution in [2.75, 3.05) is 7.11 Å². The number of rotatable bonds is 6. The summed E-state index contributed by atoms with van der Waals surface area (Å²) in [6.07, 6.45) is 1.22. The SMILES string of the molecule is COC(=O)CCCCn1c(=O)nc2n(-c3ccccc3)c3ccccc3nc-2c1=O. The highest BCUT2D eigenvalue weighted by Crippen LogP contribution is 2.24. The fourth-order valence-corrected chi connectivity index (χ4v) is 3.43. The molecule has 2 aromatic carbocycles. The van der Waals surface area contributed by atoms with Gasteiger partial charge < -0.3 is 4.74 Å². The normalized spacial score (nSPS) is 11.1. The number of methoxy groups -OCH3 is 1. The van der Waals surface area contributed by atoms with Gasteiger partial charge in [-0.15, -0.1) is 0 Å². The topological polar surface area (TPSA) is 96.1 Å². The van der Waals surface area contributed by atoms with E-state index in [9.17, 15) is 14.4 Å². The number of ether oxygens (including phenoxy) is 1. The zero-order valence-corrected chi connectivity index (χ0v) is 16.4. The summed E-state index contributed by atoms with van der Waals surface area (Å²) in [5.41, 5.74) is 1.17. The second-order valence-corrected chi connectivity index (χ2v) is 6.83. The zero-order valence-electron chi connectivity index (χ0n) is 16.4. The van der Waals surface area contributed by atoms with Crippen molar-refractivity contribution in [2.45, 2.75) is 25.8 Å².